The molecular weight excluding hydrogens is 524 g/mol. The molecule has 3 N–H and O–H groups in total. The lowest BCUT2D eigenvalue weighted by atomic mass is 10.0. The van der Waals surface area contributed by atoms with Crippen molar-refractivity contribution in [1.29, 1.82) is 0 Å². The quantitative estimate of drug-likeness (QED) is 0.252. The van der Waals surface area contributed by atoms with E-state index in [9.17, 15) is 22.8 Å². The van der Waals surface area contributed by atoms with Crippen LogP contribution in [0.2, 0.25) is 0 Å². The first kappa shape index (κ1) is 29.7. The first-order valence-corrected chi connectivity index (χ1v) is 13.7. The predicted octanol–water partition coefficient (Wildman–Crippen LogP) is 1.86. The number of rotatable bonds is 14. The lowest BCUT2D eigenvalue weighted by Gasteiger charge is -2.20. The number of aldehydes is 1. The Morgan fingerprint density at radius 3 is 2.59 bits per heavy atom. The average molecular weight is 557 g/mol. The molecule has 0 spiro atoms. The highest BCUT2D eigenvalue weighted by atomic mass is 32.2. The Morgan fingerprint density at radius 2 is 1.90 bits per heavy atom. The molecule has 12 heteroatoms. The van der Waals surface area contributed by atoms with Crippen molar-refractivity contribution < 1.29 is 32.6 Å². The Bertz CT molecular complexity index is 1440. The normalized spacial score (nSPS) is 13.1. The average Bonchev–Trinajstić information content (AvgIpc) is 2.87. The Kier molecular flexibility index (Phi) is 10.1. The number of hydrogen-bond donors (Lipinski definition) is 3. The second-order valence-electron chi connectivity index (χ2n) is 9.33. The Labute approximate surface area is 227 Å². The van der Waals surface area contributed by atoms with Crippen LogP contribution >= 0.6 is 0 Å². The van der Waals surface area contributed by atoms with Crippen LogP contribution in [0.1, 0.15) is 29.3 Å². The molecule has 39 heavy (non-hydrogen) atoms. The zero-order chi connectivity index (χ0) is 28.6. The Morgan fingerprint density at radius 1 is 1.15 bits per heavy atom. The number of likely N-dealkylation sites (N-methyl/N-ethyl adjacent to an activating group) is 1. The SMILES string of the molecule is C[C@H](Cc1cncc2ccccc12)Oc1cc(C(=O)NCCN(C)C)ccc1S(=O)(=O)N[C@H](C=O)CC(=O)O. The molecule has 3 rings (SSSR count). The van der Waals surface area contributed by atoms with E-state index in [-0.39, 0.29) is 22.5 Å². The third-order valence-corrected chi connectivity index (χ3v) is 7.32. The number of amides is 1. The molecule has 3 aromatic rings. The number of pyridine rings is 1. The van der Waals surface area contributed by atoms with Crippen LogP contribution in [0.25, 0.3) is 10.8 Å². The summed E-state index contributed by atoms with van der Waals surface area (Å²) in [6.45, 7) is 2.75. The highest BCUT2D eigenvalue weighted by Gasteiger charge is 2.27. The summed E-state index contributed by atoms with van der Waals surface area (Å²) in [6, 6.07) is 10.1. The van der Waals surface area contributed by atoms with Crippen LogP contribution in [-0.2, 0) is 26.0 Å². The van der Waals surface area contributed by atoms with E-state index in [4.69, 9.17) is 9.84 Å². The van der Waals surface area contributed by atoms with Crippen molar-refractivity contribution in [2.45, 2.75) is 36.8 Å². The first-order chi connectivity index (χ1) is 18.5. The highest BCUT2D eigenvalue weighted by molar-refractivity contribution is 7.89. The van der Waals surface area contributed by atoms with Gasteiger partial charge in [-0.1, -0.05) is 24.3 Å². The summed E-state index contributed by atoms with van der Waals surface area (Å²) in [7, 11) is -0.653. The first-order valence-electron chi connectivity index (χ1n) is 12.2. The number of nitrogens with zero attached hydrogens (tertiary/aromatic N) is 2. The summed E-state index contributed by atoms with van der Waals surface area (Å²) in [5, 5.41) is 13.7. The summed E-state index contributed by atoms with van der Waals surface area (Å²) >= 11 is 0. The standard InChI is InChI=1S/C27H32N4O7S/c1-18(12-21-16-28-15-20-6-4-5-7-23(20)21)38-24-13-19(27(35)29-10-11-31(2)3)8-9-25(24)39(36,37)30-22(17-32)14-26(33)34/h4-9,13,15-18,22,30H,10-12,14H2,1-3H3,(H,29,35)(H,33,34)/t18-,22+/m1/s1. The lowest BCUT2D eigenvalue weighted by Crippen LogP contribution is -2.38. The van der Waals surface area contributed by atoms with Gasteiger partial charge in [0.25, 0.3) is 5.91 Å². The highest BCUT2D eigenvalue weighted by Crippen LogP contribution is 2.28. The van der Waals surface area contributed by atoms with Crippen molar-refractivity contribution >= 4 is 39.0 Å². The van der Waals surface area contributed by atoms with Crippen molar-refractivity contribution in [2.75, 3.05) is 27.2 Å². The third kappa shape index (κ3) is 8.31. The molecule has 0 aliphatic rings. The molecule has 2 aromatic carbocycles. The van der Waals surface area contributed by atoms with Crippen LogP contribution in [0.3, 0.4) is 0 Å². The number of ether oxygens (including phenoxy) is 1. The molecule has 0 fully saturated rings. The number of carbonyl (C=O) groups excluding carboxylic acids is 2. The van der Waals surface area contributed by atoms with Gasteiger partial charge in [0.15, 0.2) is 0 Å². The van der Waals surface area contributed by atoms with Crippen LogP contribution in [0.15, 0.2) is 59.8 Å². The molecule has 0 bridgehead atoms. The summed E-state index contributed by atoms with van der Waals surface area (Å²) in [4.78, 5) is 41.0. The molecule has 0 saturated heterocycles. The second kappa shape index (κ2) is 13.3. The minimum Gasteiger partial charge on any atom is -0.489 e. The molecule has 0 aliphatic carbocycles. The van der Waals surface area contributed by atoms with E-state index < -0.39 is 40.5 Å². The van der Waals surface area contributed by atoms with E-state index in [1.165, 1.54) is 18.2 Å². The molecule has 2 atom stereocenters. The fourth-order valence-corrected chi connectivity index (χ4v) is 5.22. The van der Waals surface area contributed by atoms with Gasteiger partial charge >= 0.3 is 5.97 Å². The number of carbonyl (C=O) groups is 3. The van der Waals surface area contributed by atoms with E-state index in [0.717, 1.165) is 16.3 Å². The van der Waals surface area contributed by atoms with Gasteiger partial charge in [0.1, 0.15) is 23.0 Å². The van der Waals surface area contributed by atoms with E-state index in [0.29, 0.717) is 19.5 Å². The number of aliphatic carboxylic acids is 1. The van der Waals surface area contributed by atoms with Crippen LogP contribution in [0.5, 0.6) is 5.75 Å². The van der Waals surface area contributed by atoms with Gasteiger partial charge in [-0.3, -0.25) is 14.6 Å². The molecule has 1 amide bonds. The summed E-state index contributed by atoms with van der Waals surface area (Å²) in [6.07, 6.45) is 2.80. The van der Waals surface area contributed by atoms with Crippen molar-refractivity contribution in [3.8, 4) is 5.75 Å². The maximum atomic E-state index is 13.2. The smallest absolute Gasteiger partial charge is 0.305 e. The summed E-state index contributed by atoms with van der Waals surface area (Å²) in [5.74, 6) is -1.86. The topological polar surface area (TPSA) is 155 Å². The summed E-state index contributed by atoms with van der Waals surface area (Å²) in [5.41, 5.74) is 1.07. The molecule has 0 saturated carbocycles. The number of benzene rings is 2. The van der Waals surface area contributed by atoms with Gasteiger partial charge in [0.2, 0.25) is 10.0 Å². The molecule has 0 radical (unpaired) electrons. The molecule has 0 unspecified atom stereocenters. The van der Waals surface area contributed by atoms with Gasteiger partial charge in [-0.15, -0.1) is 0 Å². The van der Waals surface area contributed by atoms with E-state index in [1.54, 1.807) is 19.3 Å². The minimum atomic E-state index is -4.39. The van der Waals surface area contributed by atoms with Gasteiger partial charge in [0, 0.05) is 42.9 Å². The fourth-order valence-electron chi connectivity index (χ4n) is 3.94. The number of aromatic nitrogens is 1. The number of fused-ring (bicyclic) bond motifs is 1. The van der Waals surface area contributed by atoms with Crippen LogP contribution in [0.4, 0.5) is 0 Å². The predicted molar refractivity (Wildman–Crippen MR) is 145 cm³/mol. The molecule has 0 aliphatic heterocycles. The number of carboxylic acid groups (broad SMARTS) is 1. The number of sulfonamides is 1. The fraction of sp³-hybridized carbons (Fsp3) is 0.333. The molecule has 1 heterocycles. The molecular formula is C27H32N4O7S. The monoisotopic (exact) mass is 556 g/mol. The maximum Gasteiger partial charge on any atom is 0.305 e. The maximum absolute atomic E-state index is 13.2. The second-order valence-corrected chi connectivity index (χ2v) is 11.0. The zero-order valence-electron chi connectivity index (χ0n) is 22.0. The number of hydrogen-bond acceptors (Lipinski definition) is 8. The molecule has 1 aromatic heterocycles. The minimum absolute atomic E-state index is 0.108. The number of carboxylic acids is 1. The molecule has 11 nitrogen and oxygen atoms in total. The zero-order valence-corrected chi connectivity index (χ0v) is 22.8. The summed E-state index contributed by atoms with van der Waals surface area (Å²) < 4.78 is 34.6. The van der Waals surface area contributed by atoms with Crippen molar-refractivity contribution in [3.63, 3.8) is 0 Å². The Balaban J connectivity index is 1.93. The lowest BCUT2D eigenvalue weighted by molar-refractivity contribution is -0.138. The third-order valence-electron chi connectivity index (χ3n) is 5.79. The van der Waals surface area contributed by atoms with Crippen LogP contribution in [-0.4, -0.2) is 80.9 Å². The number of nitrogens with one attached hydrogen (secondary N) is 2. The largest absolute Gasteiger partial charge is 0.489 e. The van der Waals surface area contributed by atoms with Crippen LogP contribution < -0.4 is 14.8 Å². The van der Waals surface area contributed by atoms with Crippen molar-refractivity contribution in [2.24, 2.45) is 0 Å². The van der Waals surface area contributed by atoms with Gasteiger partial charge < -0.3 is 24.9 Å². The Hall–Kier alpha value is -3.87. The van der Waals surface area contributed by atoms with Crippen LogP contribution in [0, 0.1) is 0 Å². The van der Waals surface area contributed by atoms with Gasteiger partial charge in [-0.25, -0.2) is 13.1 Å². The van der Waals surface area contributed by atoms with Gasteiger partial charge in [-0.2, -0.15) is 0 Å². The van der Waals surface area contributed by atoms with Gasteiger partial charge in [-0.05, 0) is 50.2 Å². The van der Waals surface area contributed by atoms with E-state index >= 15 is 0 Å². The van der Waals surface area contributed by atoms with Crippen molar-refractivity contribution in [3.05, 3.63) is 66.0 Å². The van der Waals surface area contributed by atoms with Gasteiger partial charge in [0.05, 0.1) is 12.5 Å². The van der Waals surface area contributed by atoms with Crippen molar-refractivity contribution in [1.82, 2.24) is 19.9 Å². The van der Waals surface area contributed by atoms with E-state index in [1.807, 2.05) is 43.3 Å². The molecule has 208 valence electrons. The van der Waals surface area contributed by atoms with E-state index in [2.05, 4.69) is 15.0 Å².